The van der Waals surface area contributed by atoms with Gasteiger partial charge in [-0.25, -0.2) is 4.79 Å². The first-order valence-corrected chi connectivity index (χ1v) is 8.95. The molecule has 0 radical (unpaired) electrons. The molecule has 7 nitrogen and oxygen atoms in total. The number of aryl methyl sites for hydroxylation is 1. The van der Waals surface area contributed by atoms with Crippen LogP contribution in [0.4, 0.5) is 4.79 Å². The molecule has 7 heteroatoms. The van der Waals surface area contributed by atoms with Crippen LogP contribution >= 0.6 is 0 Å². The number of nitrogens with one attached hydrogen (secondary N) is 1. The molecule has 2 aromatic rings. The fraction of sp³-hybridized carbons (Fsp3) is 0.500. The number of methoxy groups -OCH3 is 2. The average Bonchev–Trinajstić information content (AvgIpc) is 2.61. The number of rotatable bonds is 6. The number of carbonyl (C=O) groups excluding carboxylic acids is 1. The molecule has 1 aromatic heterocycles. The highest BCUT2D eigenvalue weighted by molar-refractivity contribution is 5.92. The highest BCUT2D eigenvalue weighted by atomic mass is 16.6. The number of pyridine rings is 1. The van der Waals surface area contributed by atoms with Crippen molar-refractivity contribution >= 4 is 16.9 Å². The molecule has 0 aliphatic heterocycles. The van der Waals surface area contributed by atoms with E-state index in [4.69, 9.17) is 14.2 Å². The smallest absolute Gasteiger partial charge is 0.412 e. The summed E-state index contributed by atoms with van der Waals surface area (Å²) in [6.45, 7) is 9.11. The minimum Gasteiger partial charge on any atom is -0.493 e. The third kappa shape index (κ3) is 4.93. The van der Waals surface area contributed by atoms with Crippen molar-refractivity contribution in [3.63, 3.8) is 0 Å². The molecule has 2 rings (SSSR count). The standard InChI is InChI=1S/C20H28N2O5/c1-7-22-12-17(27-19(24)21-9-8-20(2,3)4)13-10-15(25-5)16(26-6)11-14(13)18(22)23/h10-12H,7-9H2,1-6H3,(H,21,24). The van der Waals surface area contributed by atoms with Crippen molar-refractivity contribution in [3.05, 3.63) is 28.7 Å². The Balaban J connectivity index is 2.41. The van der Waals surface area contributed by atoms with E-state index in [0.29, 0.717) is 41.1 Å². The second-order valence-electron chi connectivity index (χ2n) is 7.46. The predicted octanol–water partition coefficient (Wildman–Crippen LogP) is 3.56. The molecule has 0 spiro atoms. The summed E-state index contributed by atoms with van der Waals surface area (Å²) >= 11 is 0. The van der Waals surface area contributed by atoms with Gasteiger partial charge in [0, 0.05) is 18.5 Å². The molecule has 0 aliphatic rings. The lowest BCUT2D eigenvalue weighted by Gasteiger charge is -2.18. The van der Waals surface area contributed by atoms with Crippen molar-refractivity contribution < 1.29 is 19.0 Å². The van der Waals surface area contributed by atoms with Crippen LogP contribution in [0.5, 0.6) is 17.2 Å². The van der Waals surface area contributed by atoms with E-state index in [2.05, 4.69) is 26.1 Å². The van der Waals surface area contributed by atoms with Crippen LogP contribution in [0.25, 0.3) is 10.8 Å². The maximum absolute atomic E-state index is 12.7. The molecule has 0 fully saturated rings. The van der Waals surface area contributed by atoms with Crippen LogP contribution in [0.2, 0.25) is 0 Å². The number of hydrogen-bond donors (Lipinski definition) is 1. The van der Waals surface area contributed by atoms with E-state index < -0.39 is 6.09 Å². The van der Waals surface area contributed by atoms with Gasteiger partial charge in [-0.1, -0.05) is 20.8 Å². The molecule has 0 saturated heterocycles. The number of carbonyl (C=O) groups is 1. The molecule has 1 heterocycles. The van der Waals surface area contributed by atoms with Crippen molar-refractivity contribution in [3.8, 4) is 17.2 Å². The highest BCUT2D eigenvalue weighted by Gasteiger charge is 2.17. The lowest BCUT2D eigenvalue weighted by atomic mass is 9.92. The van der Waals surface area contributed by atoms with Gasteiger partial charge < -0.3 is 24.1 Å². The zero-order valence-electron chi connectivity index (χ0n) is 16.8. The van der Waals surface area contributed by atoms with Gasteiger partial charge in [-0.05, 0) is 30.9 Å². The first-order valence-electron chi connectivity index (χ1n) is 8.95. The number of aromatic nitrogens is 1. The normalized spacial score (nSPS) is 11.3. The summed E-state index contributed by atoms with van der Waals surface area (Å²) in [6, 6.07) is 3.25. The molecule has 0 aliphatic carbocycles. The Morgan fingerprint density at radius 1 is 1.07 bits per heavy atom. The minimum atomic E-state index is -0.559. The predicted molar refractivity (Wildman–Crippen MR) is 105 cm³/mol. The van der Waals surface area contributed by atoms with Gasteiger partial charge in [0.05, 0.1) is 25.8 Å². The van der Waals surface area contributed by atoms with E-state index >= 15 is 0 Å². The zero-order valence-corrected chi connectivity index (χ0v) is 16.8. The van der Waals surface area contributed by atoms with Gasteiger partial charge in [0.1, 0.15) is 0 Å². The second-order valence-corrected chi connectivity index (χ2v) is 7.46. The molecule has 1 amide bonds. The van der Waals surface area contributed by atoms with Gasteiger partial charge in [-0.2, -0.15) is 0 Å². The van der Waals surface area contributed by atoms with Gasteiger partial charge in [0.15, 0.2) is 17.2 Å². The lowest BCUT2D eigenvalue weighted by Crippen LogP contribution is -2.30. The summed E-state index contributed by atoms with van der Waals surface area (Å²) in [5, 5.41) is 3.64. The molecule has 1 N–H and O–H groups in total. The van der Waals surface area contributed by atoms with Crippen molar-refractivity contribution in [2.75, 3.05) is 20.8 Å². The van der Waals surface area contributed by atoms with Crippen molar-refractivity contribution in [1.29, 1.82) is 0 Å². The summed E-state index contributed by atoms with van der Waals surface area (Å²) in [5.74, 6) is 1.19. The maximum Gasteiger partial charge on any atom is 0.412 e. The van der Waals surface area contributed by atoms with Gasteiger partial charge in [0.25, 0.3) is 5.56 Å². The maximum atomic E-state index is 12.7. The van der Waals surface area contributed by atoms with E-state index in [1.165, 1.54) is 18.8 Å². The van der Waals surface area contributed by atoms with Gasteiger partial charge >= 0.3 is 6.09 Å². The van der Waals surface area contributed by atoms with Gasteiger partial charge in [-0.15, -0.1) is 0 Å². The molecular weight excluding hydrogens is 348 g/mol. The summed E-state index contributed by atoms with van der Waals surface area (Å²) < 4.78 is 17.6. The van der Waals surface area contributed by atoms with Crippen molar-refractivity contribution in [1.82, 2.24) is 9.88 Å². The molecule has 0 unspecified atom stereocenters. The minimum absolute atomic E-state index is 0.110. The number of nitrogens with zero attached hydrogens (tertiary/aromatic N) is 1. The summed E-state index contributed by atoms with van der Waals surface area (Å²) in [7, 11) is 3.02. The Labute approximate surface area is 159 Å². The summed E-state index contributed by atoms with van der Waals surface area (Å²) in [4.78, 5) is 24.9. The summed E-state index contributed by atoms with van der Waals surface area (Å²) in [5.41, 5.74) is -0.0757. The number of benzene rings is 1. The van der Waals surface area contributed by atoms with Crippen LogP contribution in [0.3, 0.4) is 0 Å². The van der Waals surface area contributed by atoms with E-state index in [1.807, 2.05) is 6.92 Å². The fourth-order valence-corrected chi connectivity index (χ4v) is 2.68. The molecule has 0 saturated carbocycles. The molecule has 27 heavy (non-hydrogen) atoms. The Bertz CT molecular complexity index is 881. The topological polar surface area (TPSA) is 78.8 Å². The first kappa shape index (κ1) is 20.6. The number of amides is 1. The largest absolute Gasteiger partial charge is 0.493 e. The first-order chi connectivity index (χ1) is 12.7. The molecule has 1 aromatic carbocycles. The number of fused-ring (bicyclic) bond motifs is 1. The SMILES string of the molecule is CCn1cc(OC(=O)NCCC(C)(C)C)c2cc(OC)c(OC)cc2c1=O. The fourth-order valence-electron chi connectivity index (χ4n) is 2.68. The van der Waals surface area contributed by atoms with Gasteiger partial charge in [0.2, 0.25) is 0 Å². The Hall–Kier alpha value is -2.70. The molecule has 0 atom stereocenters. The molecule has 148 valence electrons. The quantitative estimate of drug-likeness (QED) is 0.834. The van der Waals surface area contributed by atoms with Crippen LogP contribution in [0.1, 0.15) is 34.1 Å². The van der Waals surface area contributed by atoms with Crippen LogP contribution in [0.15, 0.2) is 23.1 Å². The molecule has 0 bridgehead atoms. The highest BCUT2D eigenvalue weighted by Crippen LogP contribution is 2.34. The van der Waals surface area contributed by atoms with E-state index in [-0.39, 0.29) is 11.0 Å². The van der Waals surface area contributed by atoms with E-state index in [9.17, 15) is 9.59 Å². The van der Waals surface area contributed by atoms with Crippen molar-refractivity contribution in [2.24, 2.45) is 5.41 Å². The lowest BCUT2D eigenvalue weighted by molar-refractivity contribution is 0.199. The summed E-state index contributed by atoms with van der Waals surface area (Å²) in [6.07, 6.45) is 1.80. The third-order valence-electron chi connectivity index (χ3n) is 4.24. The Morgan fingerprint density at radius 3 is 2.19 bits per heavy atom. The second kappa shape index (κ2) is 8.33. The monoisotopic (exact) mass is 376 g/mol. The Morgan fingerprint density at radius 2 is 1.67 bits per heavy atom. The van der Waals surface area contributed by atoms with Crippen LogP contribution in [-0.4, -0.2) is 31.4 Å². The third-order valence-corrected chi connectivity index (χ3v) is 4.24. The van der Waals surface area contributed by atoms with Crippen LogP contribution < -0.4 is 25.1 Å². The number of ether oxygens (including phenoxy) is 3. The number of hydrogen-bond acceptors (Lipinski definition) is 5. The van der Waals surface area contributed by atoms with Crippen LogP contribution in [0, 0.1) is 5.41 Å². The Kier molecular flexibility index (Phi) is 6.36. The van der Waals surface area contributed by atoms with Crippen molar-refractivity contribution in [2.45, 2.75) is 40.7 Å². The zero-order chi connectivity index (χ0) is 20.2. The van der Waals surface area contributed by atoms with Gasteiger partial charge in [-0.3, -0.25) is 4.79 Å². The van der Waals surface area contributed by atoms with E-state index in [0.717, 1.165) is 6.42 Å². The average molecular weight is 376 g/mol. The van der Waals surface area contributed by atoms with E-state index in [1.54, 1.807) is 18.3 Å². The van der Waals surface area contributed by atoms with Crippen LogP contribution in [-0.2, 0) is 6.54 Å². The molecular formula is C20H28N2O5.